The van der Waals surface area contributed by atoms with E-state index in [1.165, 1.54) is 38.5 Å². The molecule has 0 saturated carbocycles. The molecule has 0 atom stereocenters. The van der Waals surface area contributed by atoms with Gasteiger partial charge in [-0.25, -0.2) is 4.79 Å². The van der Waals surface area contributed by atoms with E-state index in [-0.39, 0.29) is 11.2 Å². The Balaban J connectivity index is 2.03. The summed E-state index contributed by atoms with van der Waals surface area (Å²) < 4.78 is 17.9. The van der Waals surface area contributed by atoms with E-state index >= 15 is 0 Å². The number of hydrogen-bond acceptors (Lipinski definition) is 5. The highest BCUT2D eigenvalue weighted by atomic mass is 28.4. The van der Waals surface area contributed by atoms with Crippen LogP contribution >= 0.6 is 0 Å². The Morgan fingerprint density at radius 1 is 0.852 bits per heavy atom. The van der Waals surface area contributed by atoms with Gasteiger partial charge in [0.15, 0.2) is 0 Å². The fraction of sp³-hybridized carbons (Fsp3) is 0.789. The van der Waals surface area contributed by atoms with Crippen molar-refractivity contribution in [1.29, 1.82) is 0 Å². The molecule has 0 bridgehead atoms. The zero-order valence-electron chi connectivity index (χ0n) is 17.3. The summed E-state index contributed by atoms with van der Waals surface area (Å²) in [6.07, 6.45) is 12.1. The van der Waals surface area contributed by atoms with Gasteiger partial charge in [0.25, 0.3) is 5.56 Å². The molecule has 1 rings (SSSR count). The Morgan fingerprint density at radius 2 is 1.33 bits per heavy atom. The topological polar surface area (TPSA) is 82.6 Å². The lowest BCUT2D eigenvalue weighted by Gasteiger charge is -2.24. The molecule has 1 aromatic rings. The summed E-state index contributed by atoms with van der Waals surface area (Å²) >= 11 is 0. The van der Waals surface area contributed by atoms with Crippen molar-refractivity contribution in [2.45, 2.75) is 77.3 Å². The number of aromatic nitrogens is 2. The van der Waals surface area contributed by atoms with Crippen LogP contribution in [0.5, 0.6) is 0 Å². The number of H-pyrrole nitrogens is 1. The molecule has 0 aliphatic heterocycles. The van der Waals surface area contributed by atoms with E-state index in [1.807, 2.05) is 0 Å². The number of unbranched alkanes of at least 4 members (excludes halogenated alkanes) is 8. The predicted molar refractivity (Wildman–Crippen MR) is 109 cm³/mol. The van der Waals surface area contributed by atoms with E-state index < -0.39 is 8.80 Å². The third kappa shape index (κ3) is 8.55. The third-order valence-corrected chi connectivity index (χ3v) is 7.84. The molecule has 0 unspecified atom stereocenters. The van der Waals surface area contributed by atoms with Crippen molar-refractivity contribution in [3.05, 3.63) is 32.6 Å². The van der Waals surface area contributed by atoms with Crippen molar-refractivity contribution in [1.82, 2.24) is 9.55 Å². The number of rotatable bonds is 15. The Kier molecular flexibility index (Phi) is 11.5. The molecule has 0 aliphatic rings. The highest BCUT2D eigenvalue weighted by molar-refractivity contribution is 6.60. The first kappa shape index (κ1) is 23.8. The van der Waals surface area contributed by atoms with Gasteiger partial charge in [0.2, 0.25) is 0 Å². The second-order valence-electron chi connectivity index (χ2n) is 6.99. The monoisotopic (exact) mass is 400 g/mol. The lowest BCUT2D eigenvalue weighted by atomic mass is 10.1. The van der Waals surface area contributed by atoms with Gasteiger partial charge in [-0.3, -0.25) is 9.78 Å². The summed E-state index contributed by atoms with van der Waals surface area (Å²) in [7, 11) is 2.59. The largest absolute Gasteiger partial charge is 0.500 e. The number of nitrogens with one attached hydrogen (secondary N) is 1. The summed E-state index contributed by atoms with van der Waals surface area (Å²) in [6, 6.07) is 0.875. The molecule has 0 aromatic carbocycles. The number of hydrogen-bond donors (Lipinski definition) is 1. The van der Waals surface area contributed by atoms with Crippen molar-refractivity contribution >= 4 is 8.80 Å². The van der Waals surface area contributed by atoms with Crippen molar-refractivity contribution in [2.24, 2.45) is 0 Å². The second-order valence-corrected chi connectivity index (χ2v) is 10.1. The zero-order chi connectivity index (χ0) is 20.1. The third-order valence-electron chi connectivity index (χ3n) is 5.00. The first-order chi connectivity index (χ1) is 13.0. The van der Waals surface area contributed by atoms with Gasteiger partial charge in [0.1, 0.15) is 0 Å². The van der Waals surface area contributed by atoms with Gasteiger partial charge in [-0.1, -0.05) is 44.9 Å². The molecule has 7 nitrogen and oxygen atoms in total. The Morgan fingerprint density at radius 3 is 1.85 bits per heavy atom. The molecule has 1 aromatic heterocycles. The normalized spacial score (nSPS) is 11.9. The quantitative estimate of drug-likeness (QED) is 0.361. The first-order valence-corrected chi connectivity index (χ1v) is 11.9. The average Bonchev–Trinajstić information content (AvgIpc) is 2.67. The lowest BCUT2D eigenvalue weighted by molar-refractivity contribution is 0.122. The van der Waals surface area contributed by atoms with Crippen LogP contribution in [0.15, 0.2) is 15.8 Å². The van der Waals surface area contributed by atoms with Crippen LogP contribution in [0.4, 0.5) is 0 Å². The number of nitrogens with zero attached hydrogens (tertiary/aromatic N) is 1. The standard InChI is InChI=1S/C19H36N2O5Si/c1-17-16-21(19(23)20-18(17)22)14-12-10-8-6-5-7-9-11-13-15-27(24-2,25-3)26-4/h16H,5-15H2,1-4H3,(H,20,22,23). The smallest absolute Gasteiger partial charge is 0.377 e. The lowest BCUT2D eigenvalue weighted by Crippen LogP contribution is -2.42. The van der Waals surface area contributed by atoms with Crippen LogP contribution in [0.25, 0.3) is 0 Å². The van der Waals surface area contributed by atoms with Crippen LogP contribution < -0.4 is 11.2 Å². The molecule has 0 spiro atoms. The minimum Gasteiger partial charge on any atom is -0.377 e. The summed E-state index contributed by atoms with van der Waals surface area (Å²) in [5, 5.41) is 0. The van der Waals surface area contributed by atoms with Gasteiger partial charge in [-0.2, -0.15) is 0 Å². The van der Waals surface area contributed by atoms with Crippen LogP contribution in [0, 0.1) is 6.92 Å². The fourth-order valence-corrected chi connectivity index (χ4v) is 5.00. The molecule has 1 N–H and O–H groups in total. The molecular weight excluding hydrogens is 364 g/mol. The van der Waals surface area contributed by atoms with Gasteiger partial charge >= 0.3 is 14.5 Å². The van der Waals surface area contributed by atoms with Crippen LogP contribution in [-0.2, 0) is 19.8 Å². The maximum atomic E-state index is 11.7. The number of aryl methyl sites for hydroxylation is 2. The zero-order valence-corrected chi connectivity index (χ0v) is 18.3. The molecule has 8 heteroatoms. The molecule has 0 amide bonds. The van der Waals surface area contributed by atoms with E-state index in [9.17, 15) is 9.59 Å². The molecule has 0 saturated heterocycles. The van der Waals surface area contributed by atoms with Crippen LogP contribution in [0.1, 0.15) is 63.4 Å². The Labute approximate surface area is 163 Å². The molecule has 0 fully saturated rings. The molecule has 0 aliphatic carbocycles. The van der Waals surface area contributed by atoms with E-state index in [0.717, 1.165) is 25.3 Å². The van der Waals surface area contributed by atoms with Crippen LogP contribution in [0.2, 0.25) is 6.04 Å². The minimum atomic E-state index is -2.39. The first-order valence-electron chi connectivity index (χ1n) is 9.94. The van der Waals surface area contributed by atoms with Crippen LogP contribution in [-0.4, -0.2) is 39.7 Å². The minimum absolute atomic E-state index is 0.295. The summed E-state index contributed by atoms with van der Waals surface area (Å²) in [5.74, 6) is 0. The van der Waals surface area contributed by atoms with E-state index in [4.69, 9.17) is 13.3 Å². The Bertz CT molecular complexity index is 631. The van der Waals surface area contributed by atoms with E-state index in [0.29, 0.717) is 12.1 Å². The van der Waals surface area contributed by atoms with Gasteiger partial charge in [0, 0.05) is 45.7 Å². The fourth-order valence-electron chi connectivity index (χ4n) is 3.20. The van der Waals surface area contributed by atoms with Crippen molar-refractivity contribution in [3.8, 4) is 0 Å². The molecule has 156 valence electrons. The highest BCUT2D eigenvalue weighted by Crippen LogP contribution is 2.18. The van der Waals surface area contributed by atoms with Crippen molar-refractivity contribution in [3.63, 3.8) is 0 Å². The predicted octanol–water partition coefficient (Wildman–Crippen LogP) is 3.23. The maximum absolute atomic E-state index is 11.7. The second kappa shape index (κ2) is 13.0. The van der Waals surface area contributed by atoms with Crippen LogP contribution in [0.3, 0.4) is 0 Å². The molecule has 27 heavy (non-hydrogen) atoms. The van der Waals surface area contributed by atoms with E-state index in [1.54, 1.807) is 39.0 Å². The molecular formula is C19H36N2O5Si. The average molecular weight is 401 g/mol. The van der Waals surface area contributed by atoms with Crippen molar-refractivity contribution in [2.75, 3.05) is 21.3 Å². The molecule has 1 heterocycles. The Hall–Kier alpha value is -1.22. The van der Waals surface area contributed by atoms with Gasteiger partial charge in [-0.05, 0) is 19.8 Å². The van der Waals surface area contributed by atoms with Gasteiger partial charge in [0.05, 0.1) is 0 Å². The summed E-state index contributed by atoms with van der Waals surface area (Å²) in [4.78, 5) is 25.4. The number of aromatic amines is 1. The summed E-state index contributed by atoms with van der Waals surface area (Å²) in [6.45, 7) is 2.39. The van der Waals surface area contributed by atoms with E-state index in [2.05, 4.69) is 4.98 Å². The van der Waals surface area contributed by atoms with Gasteiger partial charge in [-0.15, -0.1) is 0 Å². The highest BCUT2D eigenvalue weighted by Gasteiger charge is 2.36. The van der Waals surface area contributed by atoms with Crippen molar-refractivity contribution < 1.29 is 13.3 Å². The molecule has 0 radical (unpaired) electrons. The van der Waals surface area contributed by atoms with Gasteiger partial charge < -0.3 is 17.8 Å². The maximum Gasteiger partial charge on any atom is 0.500 e. The summed E-state index contributed by atoms with van der Waals surface area (Å²) in [5.41, 5.74) is -0.0277. The SMILES string of the molecule is CO[Si](CCCCCCCCCCCn1cc(C)c(=O)[nH]c1=O)(OC)OC.